The van der Waals surface area contributed by atoms with Gasteiger partial charge < -0.3 is 14.5 Å². The van der Waals surface area contributed by atoms with Crippen LogP contribution in [0.5, 0.6) is 0 Å². The number of anilines is 1. The first-order valence-corrected chi connectivity index (χ1v) is 11.3. The molecule has 0 aromatic carbocycles. The monoisotopic (exact) mass is 417 g/mol. The van der Waals surface area contributed by atoms with Crippen molar-refractivity contribution in [3.8, 4) is 0 Å². The second kappa shape index (κ2) is 9.54. The highest BCUT2D eigenvalue weighted by Crippen LogP contribution is 2.28. The first kappa shape index (κ1) is 20.1. The van der Waals surface area contributed by atoms with Crippen molar-refractivity contribution in [2.75, 3.05) is 5.32 Å². The summed E-state index contributed by atoms with van der Waals surface area (Å²) < 4.78 is 11.4. The summed E-state index contributed by atoms with van der Waals surface area (Å²) in [5.74, 6) is -0.175. The molecule has 2 fully saturated rings. The second-order valence-corrected chi connectivity index (χ2v) is 8.65. The van der Waals surface area contributed by atoms with Crippen molar-refractivity contribution in [2.45, 2.75) is 76.0 Å². The number of furan rings is 1. The minimum absolute atomic E-state index is 0.0499. The molecular formula is C21H27N3O4S. The van der Waals surface area contributed by atoms with Gasteiger partial charge in [0.15, 0.2) is 10.9 Å². The molecule has 2 aromatic heterocycles. The van der Waals surface area contributed by atoms with Crippen LogP contribution in [0, 0.1) is 0 Å². The zero-order valence-corrected chi connectivity index (χ0v) is 17.2. The second-order valence-electron chi connectivity index (χ2n) is 7.79. The van der Waals surface area contributed by atoms with Crippen LogP contribution in [0.2, 0.25) is 0 Å². The van der Waals surface area contributed by atoms with E-state index < -0.39 is 0 Å². The molecule has 0 aliphatic heterocycles. The molecular weight excluding hydrogens is 390 g/mol. The van der Waals surface area contributed by atoms with Crippen LogP contribution in [0.3, 0.4) is 0 Å². The molecule has 2 N–H and O–H groups in total. The van der Waals surface area contributed by atoms with Crippen molar-refractivity contribution < 1.29 is 18.7 Å². The fourth-order valence-corrected chi connectivity index (χ4v) is 4.84. The first-order valence-electron chi connectivity index (χ1n) is 10.4. The molecule has 4 rings (SSSR count). The molecule has 0 bridgehead atoms. The third kappa shape index (κ3) is 5.45. The van der Waals surface area contributed by atoms with E-state index in [4.69, 9.17) is 9.15 Å². The average Bonchev–Trinajstić information content (AvgIpc) is 3.46. The van der Waals surface area contributed by atoms with Gasteiger partial charge in [-0.3, -0.25) is 14.9 Å². The Balaban J connectivity index is 1.28. The number of carbonyl (C=O) groups is 2. The number of ether oxygens (including phenoxy) is 1. The number of nitrogens with zero attached hydrogens (tertiary/aromatic N) is 1. The Morgan fingerprint density at radius 1 is 1.17 bits per heavy atom. The average molecular weight is 418 g/mol. The van der Waals surface area contributed by atoms with Gasteiger partial charge in [0, 0.05) is 5.38 Å². The Labute approximate surface area is 174 Å². The number of nitrogens with one attached hydrogen (secondary N) is 2. The number of amides is 2. The number of carbonyl (C=O) groups excluding carboxylic acids is 2. The van der Waals surface area contributed by atoms with Gasteiger partial charge in [-0.1, -0.05) is 25.7 Å². The predicted molar refractivity (Wildman–Crippen MR) is 110 cm³/mol. The molecule has 2 saturated carbocycles. The molecule has 2 amide bonds. The summed E-state index contributed by atoms with van der Waals surface area (Å²) in [6.07, 6.45) is 11.2. The maximum atomic E-state index is 12.6. The fraction of sp³-hybridized carbons (Fsp3) is 0.571. The molecule has 29 heavy (non-hydrogen) atoms. The lowest BCUT2D eigenvalue weighted by Gasteiger charge is -2.34. The van der Waals surface area contributed by atoms with Crippen LogP contribution in [-0.4, -0.2) is 35.0 Å². The summed E-state index contributed by atoms with van der Waals surface area (Å²) in [5.41, 5.74) is 0.645. The molecule has 0 saturated heterocycles. The highest BCUT2D eigenvalue weighted by atomic mass is 32.1. The Hall–Kier alpha value is -2.19. The third-order valence-electron chi connectivity index (χ3n) is 5.58. The van der Waals surface area contributed by atoms with E-state index in [1.807, 2.05) is 0 Å². The number of aromatic nitrogens is 1. The normalized spacial score (nSPS) is 22.5. The maximum absolute atomic E-state index is 12.6. The van der Waals surface area contributed by atoms with Crippen LogP contribution in [0.15, 0.2) is 28.2 Å². The van der Waals surface area contributed by atoms with Crippen molar-refractivity contribution >= 4 is 28.3 Å². The molecule has 2 aromatic rings. The van der Waals surface area contributed by atoms with Crippen LogP contribution in [-0.2, 0) is 16.0 Å². The van der Waals surface area contributed by atoms with Crippen LogP contribution >= 0.6 is 11.3 Å². The molecule has 8 heteroatoms. The minimum atomic E-state index is -0.352. The molecule has 2 atom stereocenters. The molecule has 7 nitrogen and oxygen atoms in total. The topological polar surface area (TPSA) is 93.5 Å². The summed E-state index contributed by atoms with van der Waals surface area (Å²) in [6.45, 7) is 0. The SMILES string of the molecule is O=C(Cc1csc(NC(=O)c2ccco2)n1)N[C@@H]1CCCC[C@@H]1OC1CCCC1. The van der Waals surface area contributed by atoms with E-state index in [-0.39, 0.29) is 36.1 Å². The first-order chi connectivity index (χ1) is 14.2. The van der Waals surface area contributed by atoms with E-state index >= 15 is 0 Å². The largest absolute Gasteiger partial charge is 0.459 e. The highest BCUT2D eigenvalue weighted by Gasteiger charge is 2.30. The predicted octanol–water partition coefficient (Wildman–Crippen LogP) is 3.92. The van der Waals surface area contributed by atoms with Crippen LogP contribution < -0.4 is 10.6 Å². The van der Waals surface area contributed by atoms with Gasteiger partial charge >= 0.3 is 0 Å². The van der Waals surface area contributed by atoms with Gasteiger partial charge in [-0.25, -0.2) is 4.98 Å². The lowest BCUT2D eigenvalue weighted by molar-refractivity contribution is -0.124. The van der Waals surface area contributed by atoms with Gasteiger partial charge in [0.2, 0.25) is 5.91 Å². The summed E-state index contributed by atoms with van der Waals surface area (Å²) >= 11 is 1.30. The van der Waals surface area contributed by atoms with Gasteiger partial charge in [-0.05, 0) is 37.8 Å². The van der Waals surface area contributed by atoms with E-state index in [2.05, 4.69) is 15.6 Å². The van der Waals surface area contributed by atoms with Gasteiger partial charge in [-0.15, -0.1) is 11.3 Å². The van der Waals surface area contributed by atoms with E-state index in [0.717, 1.165) is 38.5 Å². The van der Waals surface area contributed by atoms with Gasteiger partial charge in [0.05, 0.1) is 36.6 Å². The lowest BCUT2D eigenvalue weighted by atomic mass is 9.92. The number of thiazole rings is 1. The molecule has 0 spiro atoms. The Bertz CT molecular complexity index is 814. The standard InChI is InChI=1S/C21H27N3O4S/c25-19(23-16-8-3-4-9-17(16)28-15-6-1-2-7-15)12-14-13-29-21(22-14)24-20(26)18-10-5-11-27-18/h5,10-11,13,15-17H,1-4,6-9,12H2,(H,23,25)(H,22,24,26)/t16-,17+/m1/s1. The maximum Gasteiger partial charge on any atom is 0.293 e. The van der Waals surface area contributed by atoms with Gasteiger partial charge in [0.1, 0.15) is 0 Å². The summed E-state index contributed by atoms with van der Waals surface area (Å²) in [6, 6.07) is 3.32. The van der Waals surface area contributed by atoms with Crippen molar-refractivity contribution in [1.29, 1.82) is 0 Å². The fourth-order valence-electron chi connectivity index (χ4n) is 4.13. The Morgan fingerprint density at radius 2 is 1.97 bits per heavy atom. The van der Waals surface area contributed by atoms with Crippen molar-refractivity contribution in [3.05, 3.63) is 35.2 Å². The summed E-state index contributed by atoms with van der Waals surface area (Å²) in [7, 11) is 0. The Kier molecular flexibility index (Phi) is 6.61. The molecule has 2 aliphatic carbocycles. The van der Waals surface area contributed by atoms with E-state index in [1.165, 1.54) is 30.4 Å². The quantitative estimate of drug-likeness (QED) is 0.712. The number of rotatable bonds is 7. The Morgan fingerprint density at radius 3 is 2.76 bits per heavy atom. The van der Waals surface area contributed by atoms with Crippen molar-refractivity contribution in [1.82, 2.24) is 10.3 Å². The van der Waals surface area contributed by atoms with Crippen LogP contribution in [0.25, 0.3) is 0 Å². The zero-order valence-electron chi connectivity index (χ0n) is 16.4. The van der Waals surface area contributed by atoms with E-state index in [9.17, 15) is 9.59 Å². The van der Waals surface area contributed by atoms with Gasteiger partial charge in [-0.2, -0.15) is 0 Å². The lowest BCUT2D eigenvalue weighted by Crippen LogP contribution is -2.47. The summed E-state index contributed by atoms with van der Waals surface area (Å²) in [5, 5.41) is 8.10. The van der Waals surface area contributed by atoms with Crippen LogP contribution in [0.4, 0.5) is 5.13 Å². The molecule has 156 valence electrons. The number of hydrogen-bond donors (Lipinski definition) is 2. The van der Waals surface area contributed by atoms with Gasteiger partial charge in [0.25, 0.3) is 5.91 Å². The highest BCUT2D eigenvalue weighted by molar-refractivity contribution is 7.14. The molecule has 2 aliphatic rings. The van der Waals surface area contributed by atoms with Crippen LogP contribution in [0.1, 0.15) is 67.6 Å². The smallest absolute Gasteiger partial charge is 0.293 e. The van der Waals surface area contributed by atoms with Crippen molar-refractivity contribution in [3.63, 3.8) is 0 Å². The minimum Gasteiger partial charge on any atom is -0.459 e. The summed E-state index contributed by atoms with van der Waals surface area (Å²) in [4.78, 5) is 28.9. The number of hydrogen-bond acceptors (Lipinski definition) is 6. The third-order valence-corrected chi connectivity index (χ3v) is 6.38. The molecule has 0 unspecified atom stereocenters. The van der Waals surface area contributed by atoms with E-state index in [1.54, 1.807) is 17.5 Å². The molecule has 0 radical (unpaired) electrons. The van der Waals surface area contributed by atoms with Crippen molar-refractivity contribution in [2.24, 2.45) is 0 Å². The zero-order chi connectivity index (χ0) is 20.1. The van der Waals surface area contributed by atoms with E-state index in [0.29, 0.717) is 16.9 Å². The molecule has 2 heterocycles.